The Kier molecular flexibility index (Phi) is 4.06. The summed E-state index contributed by atoms with van der Waals surface area (Å²) in [4.78, 5) is 35.1. The highest BCUT2D eigenvalue weighted by Crippen LogP contribution is 2.26. The Hall–Kier alpha value is -2.64. The Morgan fingerprint density at radius 1 is 1.48 bits per heavy atom. The monoisotopic (exact) mass is 293 g/mol. The maximum atomic E-state index is 12.4. The van der Waals surface area contributed by atoms with Crippen LogP contribution in [0.2, 0.25) is 0 Å². The van der Waals surface area contributed by atoms with Crippen molar-refractivity contribution in [1.29, 1.82) is 0 Å². The normalized spacial score (nSPS) is 17.6. The molecule has 1 aromatic carbocycles. The predicted molar refractivity (Wildman–Crippen MR) is 72.9 cm³/mol. The summed E-state index contributed by atoms with van der Waals surface area (Å²) in [6, 6.07) is 3.21. The van der Waals surface area contributed by atoms with E-state index in [9.17, 15) is 24.8 Å². The lowest BCUT2D eigenvalue weighted by atomic mass is 10.1. The van der Waals surface area contributed by atoms with E-state index < -0.39 is 10.8 Å². The van der Waals surface area contributed by atoms with Crippen molar-refractivity contribution >= 4 is 17.5 Å². The van der Waals surface area contributed by atoms with Gasteiger partial charge in [-0.25, -0.2) is 0 Å². The molecule has 1 heterocycles. The predicted octanol–water partition coefficient (Wildman–Crippen LogP) is 0.651. The first-order valence-corrected chi connectivity index (χ1v) is 6.42. The number of nitro benzene ring substituents is 1. The number of nitrogens with zero attached hydrogens (tertiary/aromatic N) is 2. The number of nitrogens with one attached hydrogen (secondary N) is 1. The molecule has 112 valence electrons. The fraction of sp³-hybridized carbons (Fsp3) is 0.385. The Morgan fingerprint density at radius 2 is 2.19 bits per heavy atom. The Bertz CT molecular complexity index is 601. The summed E-state index contributed by atoms with van der Waals surface area (Å²) in [5.41, 5.74) is -0.496. The fourth-order valence-electron chi connectivity index (χ4n) is 2.37. The molecule has 2 N–H and O–H groups in total. The maximum absolute atomic E-state index is 12.4. The van der Waals surface area contributed by atoms with E-state index in [0.717, 1.165) is 12.1 Å². The summed E-state index contributed by atoms with van der Waals surface area (Å²) in [7, 11) is 0. The fourth-order valence-corrected chi connectivity index (χ4v) is 2.37. The molecule has 1 atom stereocenters. The van der Waals surface area contributed by atoms with E-state index in [-0.39, 0.29) is 28.9 Å². The minimum absolute atomic E-state index is 0.150. The molecule has 1 aromatic rings. The van der Waals surface area contributed by atoms with Crippen LogP contribution in [0.15, 0.2) is 18.2 Å². The number of rotatable bonds is 3. The molecule has 8 heteroatoms. The molecule has 2 rings (SSSR count). The van der Waals surface area contributed by atoms with Crippen LogP contribution in [0, 0.1) is 10.1 Å². The number of phenols is 1. The second-order valence-corrected chi connectivity index (χ2v) is 4.90. The van der Waals surface area contributed by atoms with Crippen molar-refractivity contribution < 1.29 is 19.6 Å². The third-order valence-electron chi connectivity index (χ3n) is 3.29. The largest absolute Gasteiger partial charge is 0.508 e. The highest BCUT2D eigenvalue weighted by molar-refractivity contribution is 5.98. The van der Waals surface area contributed by atoms with Crippen LogP contribution in [-0.2, 0) is 4.79 Å². The van der Waals surface area contributed by atoms with Crippen LogP contribution in [0.4, 0.5) is 5.69 Å². The smallest absolute Gasteiger partial charge is 0.282 e. The molecule has 21 heavy (non-hydrogen) atoms. The van der Waals surface area contributed by atoms with Crippen LogP contribution in [0.25, 0.3) is 0 Å². The van der Waals surface area contributed by atoms with E-state index in [1.807, 2.05) is 0 Å². The number of hydrogen-bond donors (Lipinski definition) is 2. The zero-order valence-electron chi connectivity index (χ0n) is 11.4. The number of nitro groups is 1. The highest BCUT2D eigenvalue weighted by atomic mass is 16.6. The summed E-state index contributed by atoms with van der Waals surface area (Å²) in [6.45, 7) is 2.09. The Balaban J connectivity index is 2.19. The molecule has 1 unspecified atom stereocenters. The van der Waals surface area contributed by atoms with Crippen molar-refractivity contribution in [2.75, 3.05) is 13.1 Å². The summed E-state index contributed by atoms with van der Waals surface area (Å²) in [5.74, 6) is -0.912. The van der Waals surface area contributed by atoms with Crippen molar-refractivity contribution in [1.82, 2.24) is 10.2 Å². The van der Waals surface area contributed by atoms with Gasteiger partial charge in [-0.1, -0.05) is 0 Å². The number of benzene rings is 1. The van der Waals surface area contributed by atoms with Gasteiger partial charge in [-0.3, -0.25) is 19.7 Å². The molecule has 1 saturated heterocycles. The molecule has 8 nitrogen and oxygen atoms in total. The van der Waals surface area contributed by atoms with Gasteiger partial charge in [-0.2, -0.15) is 0 Å². The van der Waals surface area contributed by atoms with Crippen LogP contribution in [0.3, 0.4) is 0 Å². The zero-order valence-corrected chi connectivity index (χ0v) is 11.4. The molecule has 0 bridgehead atoms. The summed E-state index contributed by atoms with van der Waals surface area (Å²) >= 11 is 0. The van der Waals surface area contributed by atoms with Gasteiger partial charge in [0, 0.05) is 32.1 Å². The lowest BCUT2D eigenvalue weighted by Gasteiger charge is -2.17. The SMILES string of the molecule is CC(=O)NC1CCN(C(=O)c2cc(O)ccc2[N+](=O)[O-])C1. The van der Waals surface area contributed by atoms with E-state index in [1.54, 1.807) is 0 Å². The average molecular weight is 293 g/mol. The topological polar surface area (TPSA) is 113 Å². The number of hydrogen-bond acceptors (Lipinski definition) is 5. The number of phenolic OH excluding ortho intramolecular Hbond substituents is 1. The third kappa shape index (κ3) is 3.28. The van der Waals surface area contributed by atoms with Gasteiger partial charge in [0.25, 0.3) is 11.6 Å². The van der Waals surface area contributed by atoms with Crippen LogP contribution in [0.1, 0.15) is 23.7 Å². The van der Waals surface area contributed by atoms with Gasteiger partial charge in [0.1, 0.15) is 11.3 Å². The Labute approximate surface area is 120 Å². The molecular formula is C13H15N3O5. The molecule has 1 aliphatic heterocycles. The molecule has 0 spiro atoms. The molecule has 0 saturated carbocycles. The standard InChI is InChI=1S/C13H15N3O5/c1-8(17)14-9-4-5-15(7-9)13(19)11-6-10(18)2-3-12(11)16(20)21/h2-3,6,9,18H,4-5,7H2,1H3,(H,14,17). The van der Waals surface area contributed by atoms with E-state index in [0.29, 0.717) is 19.5 Å². The molecule has 0 aliphatic carbocycles. The van der Waals surface area contributed by atoms with Gasteiger partial charge < -0.3 is 15.3 Å². The first kappa shape index (κ1) is 14.8. The quantitative estimate of drug-likeness (QED) is 0.627. The third-order valence-corrected chi connectivity index (χ3v) is 3.29. The van der Waals surface area contributed by atoms with Gasteiger partial charge in [-0.15, -0.1) is 0 Å². The molecule has 2 amide bonds. The summed E-state index contributed by atoms with van der Waals surface area (Å²) < 4.78 is 0. The summed E-state index contributed by atoms with van der Waals surface area (Å²) in [6.07, 6.45) is 0.595. The van der Waals surface area contributed by atoms with E-state index >= 15 is 0 Å². The summed E-state index contributed by atoms with van der Waals surface area (Å²) in [5, 5.41) is 23.1. The molecule has 0 radical (unpaired) electrons. The molecule has 0 aromatic heterocycles. The second-order valence-electron chi connectivity index (χ2n) is 4.90. The van der Waals surface area contributed by atoms with E-state index in [4.69, 9.17) is 0 Å². The van der Waals surface area contributed by atoms with E-state index in [1.165, 1.54) is 17.9 Å². The van der Waals surface area contributed by atoms with Crippen LogP contribution >= 0.6 is 0 Å². The minimum atomic E-state index is -0.659. The minimum Gasteiger partial charge on any atom is -0.508 e. The number of amides is 2. The van der Waals surface area contributed by atoms with Gasteiger partial charge in [-0.05, 0) is 18.6 Å². The van der Waals surface area contributed by atoms with E-state index in [2.05, 4.69) is 5.32 Å². The number of likely N-dealkylation sites (tertiary alicyclic amines) is 1. The van der Waals surface area contributed by atoms with Crippen molar-refractivity contribution in [3.05, 3.63) is 33.9 Å². The lowest BCUT2D eigenvalue weighted by Crippen LogP contribution is -2.37. The lowest BCUT2D eigenvalue weighted by molar-refractivity contribution is -0.385. The Morgan fingerprint density at radius 3 is 2.81 bits per heavy atom. The molecule has 1 fully saturated rings. The molecule has 1 aliphatic rings. The first-order chi connectivity index (χ1) is 9.88. The number of carbonyl (C=O) groups excluding carboxylic acids is 2. The van der Waals surface area contributed by atoms with Gasteiger partial charge in [0.05, 0.1) is 4.92 Å². The first-order valence-electron chi connectivity index (χ1n) is 6.42. The van der Waals surface area contributed by atoms with Crippen molar-refractivity contribution in [3.8, 4) is 5.75 Å². The highest BCUT2D eigenvalue weighted by Gasteiger charge is 2.31. The van der Waals surface area contributed by atoms with Crippen molar-refractivity contribution in [2.24, 2.45) is 0 Å². The van der Waals surface area contributed by atoms with Crippen LogP contribution in [0.5, 0.6) is 5.75 Å². The molecular weight excluding hydrogens is 278 g/mol. The van der Waals surface area contributed by atoms with Gasteiger partial charge in [0.2, 0.25) is 5.91 Å². The van der Waals surface area contributed by atoms with Gasteiger partial charge in [0.15, 0.2) is 0 Å². The number of carbonyl (C=O) groups is 2. The van der Waals surface area contributed by atoms with Crippen molar-refractivity contribution in [2.45, 2.75) is 19.4 Å². The number of aromatic hydroxyl groups is 1. The maximum Gasteiger partial charge on any atom is 0.282 e. The van der Waals surface area contributed by atoms with Crippen LogP contribution < -0.4 is 5.32 Å². The average Bonchev–Trinajstić information content (AvgIpc) is 2.85. The van der Waals surface area contributed by atoms with Gasteiger partial charge >= 0.3 is 0 Å². The second kappa shape index (κ2) is 5.78. The van der Waals surface area contributed by atoms with Crippen LogP contribution in [-0.4, -0.2) is 45.9 Å². The zero-order chi connectivity index (χ0) is 15.6. The van der Waals surface area contributed by atoms with Crippen molar-refractivity contribution in [3.63, 3.8) is 0 Å².